The smallest absolute Gasteiger partial charge is 0.258 e. The van der Waals surface area contributed by atoms with Crippen LogP contribution in [0.5, 0.6) is 0 Å². The number of rotatable bonds is 2. The topological polar surface area (TPSA) is 34.9 Å². The highest BCUT2D eigenvalue weighted by atomic mass is 79.9. The second kappa shape index (κ2) is 4.97. The summed E-state index contributed by atoms with van der Waals surface area (Å²) in [6, 6.07) is 11.5. The summed E-state index contributed by atoms with van der Waals surface area (Å²) in [5, 5.41) is 1.71. The quantitative estimate of drug-likeness (QED) is 0.728. The Bertz CT molecular complexity index is 795. The molecule has 3 aromatic rings. The van der Waals surface area contributed by atoms with Gasteiger partial charge in [-0.05, 0) is 45.1 Å². The summed E-state index contributed by atoms with van der Waals surface area (Å²) in [5.74, 6) is 0. The van der Waals surface area contributed by atoms with Crippen LogP contribution in [0.3, 0.4) is 0 Å². The van der Waals surface area contributed by atoms with Crippen molar-refractivity contribution in [2.24, 2.45) is 0 Å². The van der Waals surface area contributed by atoms with E-state index >= 15 is 0 Å². The maximum atomic E-state index is 12.3. The van der Waals surface area contributed by atoms with E-state index in [-0.39, 0.29) is 5.56 Å². The molecule has 3 rings (SSSR count). The van der Waals surface area contributed by atoms with Crippen LogP contribution in [0.2, 0.25) is 0 Å². The van der Waals surface area contributed by atoms with Gasteiger partial charge in [-0.15, -0.1) is 0 Å². The zero-order valence-corrected chi connectivity index (χ0v) is 11.7. The maximum Gasteiger partial charge on any atom is 0.258 e. The molecule has 0 aliphatic rings. The number of benzene rings is 1. The Morgan fingerprint density at radius 1 is 1.16 bits per heavy atom. The van der Waals surface area contributed by atoms with Crippen molar-refractivity contribution in [3.8, 4) is 0 Å². The van der Waals surface area contributed by atoms with Gasteiger partial charge >= 0.3 is 0 Å². The number of aromatic nitrogens is 2. The van der Waals surface area contributed by atoms with Crippen LogP contribution in [-0.2, 0) is 6.54 Å². The Morgan fingerprint density at radius 2 is 2.00 bits per heavy atom. The minimum atomic E-state index is 0.0260. The van der Waals surface area contributed by atoms with Crippen LogP contribution < -0.4 is 5.56 Å². The molecular formula is C15H11BrN2O. The van der Waals surface area contributed by atoms with E-state index in [0.717, 1.165) is 20.8 Å². The van der Waals surface area contributed by atoms with Crippen LogP contribution in [0.4, 0.5) is 0 Å². The molecule has 19 heavy (non-hydrogen) atoms. The monoisotopic (exact) mass is 314 g/mol. The van der Waals surface area contributed by atoms with Gasteiger partial charge in [-0.1, -0.05) is 18.2 Å². The van der Waals surface area contributed by atoms with Gasteiger partial charge < -0.3 is 4.57 Å². The first kappa shape index (κ1) is 12.1. The van der Waals surface area contributed by atoms with Gasteiger partial charge in [0.2, 0.25) is 0 Å². The van der Waals surface area contributed by atoms with E-state index in [1.807, 2.05) is 42.6 Å². The fourth-order valence-electron chi connectivity index (χ4n) is 2.09. The van der Waals surface area contributed by atoms with Gasteiger partial charge in [0.25, 0.3) is 5.56 Å². The van der Waals surface area contributed by atoms with Gasteiger partial charge in [0.1, 0.15) is 0 Å². The molecule has 2 aromatic heterocycles. The first-order valence-electron chi connectivity index (χ1n) is 5.92. The third-order valence-corrected chi connectivity index (χ3v) is 3.43. The number of halogens is 1. The fourth-order valence-corrected chi connectivity index (χ4v) is 2.51. The van der Waals surface area contributed by atoms with Crippen LogP contribution in [0, 0.1) is 0 Å². The van der Waals surface area contributed by atoms with Crippen molar-refractivity contribution in [2.75, 3.05) is 0 Å². The number of pyridine rings is 2. The third-order valence-electron chi connectivity index (χ3n) is 3.00. The summed E-state index contributed by atoms with van der Waals surface area (Å²) in [6.45, 7) is 0.524. The normalized spacial score (nSPS) is 10.8. The van der Waals surface area contributed by atoms with Crippen LogP contribution in [0.1, 0.15) is 5.56 Å². The zero-order chi connectivity index (χ0) is 13.2. The summed E-state index contributed by atoms with van der Waals surface area (Å²) < 4.78 is 2.62. The van der Waals surface area contributed by atoms with Crippen molar-refractivity contribution in [1.29, 1.82) is 0 Å². The average Bonchev–Trinajstić information content (AvgIpc) is 2.42. The Labute approximate surface area is 118 Å². The molecule has 0 saturated carbocycles. The average molecular weight is 315 g/mol. The van der Waals surface area contributed by atoms with Crippen LogP contribution in [-0.4, -0.2) is 9.55 Å². The van der Waals surface area contributed by atoms with Crippen LogP contribution in [0.15, 0.2) is 64.3 Å². The van der Waals surface area contributed by atoms with Gasteiger partial charge in [-0.25, -0.2) is 0 Å². The number of fused-ring (bicyclic) bond motifs is 1. The molecule has 0 atom stereocenters. The third kappa shape index (κ3) is 2.44. The lowest BCUT2D eigenvalue weighted by molar-refractivity contribution is 0.764. The van der Waals surface area contributed by atoms with Gasteiger partial charge in [0.15, 0.2) is 0 Å². The second-order valence-electron chi connectivity index (χ2n) is 4.35. The van der Waals surface area contributed by atoms with E-state index in [1.165, 1.54) is 0 Å². The van der Waals surface area contributed by atoms with Crippen molar-refractivity contribution in [1.82, 2.24) is 9.55 Å². The highest BCUT2D eigenvalue weighted by Gasteiger charge is 2.03. The molecule has 0 fully saturated rings. The summed E-state index contributed by atoms with van der Waals surface area (Å²) in [6.07, 6.45) is 5.32. The van der Waals surface area contributed by atoms with Crippen molar-refractivity contribution >= 4 is 26.7 Å². The molecule has 3 nitrogen and oxygen atoms in total. The molecule has 0 amide bonds. The molecule has 0 radical (unpaired) electrons. The minimum Gasteiger partial charge on any atom is -0.311 e. The number of hydrogen-bond donors (Lipinski definition) is 0. The predicted octanol–water partition coefficient (Wildman–Crippen LogP) is 3.21. The van der Waals surface area contributed by atoms with Gasteiger partial charge in [0, 0.05) is 28.4 Å². The summed E-state index contributed by atoms with van der Waals surface area (Å²) in [7, 11) is 0. The van der Waals surface area contributed by atoms with E-state index < -0.39 is 0 Å². The molecule has 0 spiro atoms. The first-order valence-corrected chi connectivity index (χ1v) is 6.71. The van der Waals surface area contributed by atoms with Gasteiger partial charge in [0.05, 0.1) is 6.54 Å². The lowest BCUT2D eigenvalue weighted by Gasteiger charge is -2.07. The zero-order valence-electron chi connectivity index (χ0n) is 10.1. The summed E-state index contributed by atoms with van der Waals surface area (Å²) in [4.78, 5) is 16.5. The van der Waals surface area contributed by atoms with Crippen molar-refractivity contribution < 1.29 is 0 Å². The Kier molecular flexibility index (Phi) is 3.17. The van der Waals surface area contributed by atoms with Gasteiger partial charge in [-0.3, -0.25) is 9.78 Å². The van der Waals surface area contributed by atoms with E-state index in [0.29, 0.717) is 6.54 Å². The first-order chi connectivity index (χ1) is 9.24. The van der Waals surface area contributed by atoms with E-state index in [4.69, 9.17) is 0 Å². The largest absolute Gasteiger partial charge is 0.311 e. The van der Waals surface area contributed by atoms with E-state index in [2.05, 4.69) is 20.9 Å². The molecule has 94 valence electrons. The lowest BCUT2D eigenvalue weighted by atomic mass is 10.2. The fraction of sp³-hybridized carbons (Fsp3) is 0.0667. The predicted molar refractivity (Wildman–Crippen MR) is 79.2 cm³/mol. The molecule has 4 heteroatoms. The SMILES string of the molecule is O=c1c2ccccc2ccn1Cc1cncc(Br)c1. The Balaban J connectivity index is 2.06. The lowest BCUT2D eigenvalue weighted by Crippen LogP contribution is -2.20. The molecule has 0 N–H and O–H groups in total. The Hall–Kier alpha value is -1.94. The number of hydrogen-bond acceptors (Lipinski definition) is 2. The van der Waals surface area contributed by atoms with Crippen LogP contribution in [0.25, 0.3) is 10.8 Å². The van der Waals surface area contributed by atoms with E-state index in [9.17, 15) is 4.79 Å². The maximum absolute atomic E-state index is 12.3. The summed E-state index contributed by atoms with van der Waals surface area (Å²) in [5.41, 5.74) is 1.02. The standard InChI is InChI=1S/C15H11BrN2O/c16-13-7-11(8-17-9-13)10-18-6-5-12-3-1-2-4-14(12)15(18)19/h1-9H,10H2. The second-order valence-corrected chi connectivity index (χ2v) is 5.26. The molecular weight excluding hydrogens is 304 g/mol. The van der Waals surface area contributed by atoms with Gasteiger partial charge in [-0.2, -0.15) is 0 Å². The number of nitrogens with zero attached hydrogens (tertiary/aromatic N) is 2. The molecule has 0 saturated heterocycles. The molecule has 0 bridgehead atoms. The van der Waals surface area contributed by atoms with E-state index in [1.54, 1.807) is 17.0 Å². The van der Waals surface area contributed by atoms with Crippen molar-refractivity contribution in [3.63, 3.8) is 0 Å². The summed E-state index contributed by atoms with van der Waals surface area (Å²) >= 11 is 3.38. The molecule has 0 aliphatic heterocycles. The minimum absolute atomic E-state index is 0.0260. The van der Waals surface area contributed by atoms with Crippen LogP contribution >= 0.6 is 15.9 Å². The highest BCUT2D eigenvalue weighted by Crippen LogP contribution is 2.12. The highest BCUT2D eigenvalue weighted by molar-refractivity contribution is 9.10. The Morgan fingerprint density at radius 3 is 2.84 bits per heavy atom. The molecule has 2 heterocycles. The molecule has 0 aliphatic carbocycles. The molecule has 0 unspecified atom stereocenters. The van der Waals surface area contributed by atoms with Crippen molar-refractivity contribution in [2.45, 2.75) is 6.54 Å². The van der Waals surface area contributed by atoms with Crippen molar-refractivity contribution in [3.05, 3.63) is 75.4 Å². The molecule has 1 aromatic carbocycles.